The molecule has 0 unspecified atom stereocenters. The molecule has 1 N–H and O–H groups in total. The van der Waals surface area contributed by atoms with E-state index in [2.05, 4.69) is 73.8 Å². The van der Waals surface area contributed by atoms with E-state index in [0.29, 0.717) is 6.42 Å². The van der Waals surface area contributed by atoms with Crippen molar-refractivity contribution >= 4 is 16.6 Å². The molecule has 0 fully saturated rings. The number of rotatable bonds is 9. The highest BCUT2D eigenvalue weighted by Crippen LogP contribution is 2.44. The Labute approximate surface area is 181 Å². The van der Waals surface area contributed by atoms with Gasteiger partial charge in [-0.05, 0) is 61.1 Å². The molecule has 6 heteroatoms. The molecule has 0 bridgehead atoms. The fourth-order valence-corrected chi connectivity index (χ4v) is 6.04. The minimum absolute atomic E-state index is 0.0196. The first-order valence-electron chi connectivity index (χ1n) is 11.3. The lowest BCUT2D eigenvalue weighted by molar-refractivity contribution is 0.0234. The van der Waals surface area contributed by atoms with Crippen molar-refractivity contribution < 1.29 is 18.3 Å². The van der Waals surface area contributed by atoms with Crippen LogP contribution in [0.15, 0.2) is 11.6 Å². The summed E-state index contributed by atoms with van der Waals surface area (Å²) < 4.78 is 26.6. The minimum atomic E-state index is -2.03. The van der Waals surface area contributed by atoms with E-state index < -0.39 is 16.6 Å². The van der Waals surface area contributed by atoms with E-state index in [1.807, 2.05) is 0 Å². The Balaban J connectivity index is 3.25. The van der Waals surface area contributed by atoms with Crippen LogP contribution in [-0.2, 0) is 8.85 Å². The van der Waals surface area contributed by atoms with Crippen LogP contribution in [0.1, 0.15) is 67.2 Å². The Morgan fingerprint density at radius 3 is 1.93 bits per heavy atom. The Morgan fingerprint density at radius 1 is 0.966 bits per heavy atom. The van der Waals surface area contributed by atoms with Crippen LogP contribution in [0.2, 0.25) is 36.3 Å². The van der Waals surface area contributed by atoms with Crippen LogP contribution in [0.5, 0.6) is 0 Å². The first-order chi connectivity index (χ1) is 13.1. The third kappa shape index (κ3) is 6.99. The maximum atomic E-state index is 12.8. The van der Waals surface area contributed by atoms with Crippen molar-refractivity contribution in [3.63, 3.8) is 0 Å². The Bertz CT molecular complexity index is 547. The molecule has 0 saturated heterocycles. The number of hydrogen-bond donors (Lipinski definition) is 1. The molecule has 0 spiro atoms. The van der Waals surface area contributed by atoms with Crippen molar-refractivity contribution in [2.45, 2.75) is 116 Å². The lowest BCUT2D eigenvalue weighted by Crippen LogP contribution is -2.53. The lowest BCUT2D eigenvalue weighted by Gasteiger charge is -2.48. The van der Waals surface area contributed by atoms with Gasteiger partial charge >= 0.3 is 0 Å². The summed E-state index contributed by atoms with van der Waals surface area (Å²) >= 11 is 0. The molecule has 0 aliphatic heterocycles. The Morgan fingerprint density at radius 2 is 1.48 bits per heavy atom. The van der Waals surface area contributed by atoms with Gasteiger partial charge in [0.2, 0.25) is 0 Å². The standard InChI is InChI=1S/C23H47FO3Si2/c1-22(2,3)28(7,8)26-20-15-14-18(17-25)21(19(20)13-11-12-16-24)27-29(9,10)23(4,5)6/h14,19-21,25H,11-13,15-17H2,1-10H3/t19-,20+,21+/m0/s1. The molecule has 29 heavy (non-hydrogen) atoms. The molecule has 0 heterocycles. The predicted octanol–water partition coefficient (Wildman–Crippen LogP) is 6.85. The molecule has 172 valence electrons. The number of aliphatic hydroxyl groups excluding tert-OH is 1. The van der Waals surface area contributed by atoms with Gasteiger partial charge in [0.15, 0.2) is 16.6 Å². The van der Waals surface area contributed by atoms with Gasteiger partial charge in [-0.1, -0.05) is 54.0 Å². The largest absolute Gasteiger partial charge is 0.413 e. The maximum absolute atomic E-state index is 12.8. The second kappa shape index (κ2) is 10.1. The number of aliphatic hydroxyl groups is 1. The summed E-state index contributed by atoms with van der Waals surface area (Å²) in [6.07, 6.45) is 5.16. The summed E-state index contributed by atoms with van der Waals surface area (Å²) in [5.41, 5.74) is 0.982. The van der Waals surface area contributed by atoms with Crippen LogP contribution in [0, 0.1) is 5.92 Å². The van der Waals surface area contributed by atoms with Crippen LogP contribution >= 0.6 is 0 Å². The highest BCUT2D eigenvalue weighted by molar-refractivity contribution is 6.74. The van der Waals surface area contributed by atoms with Gasteiger partial charge in [0.1, 0.15) is 0 Å². The van der Waals surface area contributed by atoms with Crippen molar-refractivity contribution in [3.8, 4) is 0 Å². The predicted molar refractivity (Wildman–Crippen MR) is 127 cm³/mol. The van der Waals surface area contributed by atoms with E-state index in [1.165, 1.54) is 0 Å². The van der Waals surface area contributed by atoms with Crippen LogP contribution in [0.3, 0.4) is 0 Å². The zero-order chi connectivity index (χ0) is 22.7. The van der Waals surface area contributed by atoms with Crippen LogP contribution in [0.25, 0.3) is 0 Å². The van der Waals surface area contributed by atoms with E-state index in [0.717, 1.165) is 24.8 Å². The second-order valence-corrected chi connectivity index (χ2v) is 21.2. The number of halogens is 1. The zero-order valence-corrected chi connectivity index (χ0v) is 22.7. The summed E-state index contributed by atoms with van der Waals surface area (Å²) in [6, 6.07) is 0. The fourth-order valence-electron chi connectivity index (χ4n) is 3.34. The van der Waals surface area contributed by atoms with E-state index in [1.54, 1.807) is 0 Å². The molecule has 0 aromatic rings. The molecule has 0 saturated carbocycles. The summed E-state index contributed by atoms with van der Waals surface area (Å²) in [4.78, 5) is 0. The van der Waals surface area contributed by atoms with Crippen molar-refractivity contribution in [2.24, 2.45) is 5.92 Å². The van der Waals surface area contributed by atoms with Crippen molar-refractivity contribution in [2.75, 3.05) is 13.3 Å². The maximum Gasteiger partial charge on any atom is 0.192 e. The molecule has 1 rings (SSSR count). The third-order valence-corrected chi connectivity index (χ3v) is 16.4. The van der Waals surface area contributed by atoms with E-state index in [-0.39, 0.29) is 41.5 Å². The van der Waals surface area contributed by atoms with Crippen molar-refractivity contribution in [1.29, 1.82) is 0 Å². The van der Waals surface area contributed by atoms with Gasteiger partial charge in [0.05, 0.1) is 25.5 Å². The van der Waals surface area contributed by atoms with Crippen molar-refractivity contribution in [3.05, 3.63) is 11.6 Å². The van der Waals surface area contributed by atoms with Gasteiger partial charge in [-0.15, -0.1) is 0 Å². The SMILES string of the molecule is CC(C)(C)[Si](C)(C)O[C@@H]1C(CO)=CC[C@@H](O[Si](C)(C)C(C)(C)C)[C@@H]1CCCCF. The minimum Gasteiger partial charge on any atom is -0.413 e. The van der Waals surface area contributed by atoms with Gasteiger partial charge in [0, 0.05) is 5.92 Å². The molecule has 1 aliphatic carbocycles. The fraction of sp³-hybridized carbons (Fsp3) is 0.913. The van der Waals surface area contributed by atoms with E-state index in [4.69, 9.17) is 8.85 Å². The number of unbranched alkanes of at least 4 members (excludes halogenated alkanes) is 1. The van der Waals surface area contributed by atoms with Crippen LogP contribution in [-0.4, -0.2) is 47.2 Å². The lowest BCUT2D eigenvalue weighted by atomic mass is 9.81. The number of alkyl halides is 1. The van der Waals surface area contributed by atoms with Crippen LogP contribution in [0.4, 0.5) is 4.39 Å². The molecule has 0 amide bonds. The highest BCUT2D eigenvalue weighted by Gasteiger charge is 2.47. The zero-order valence-electron chi connectivity index (χ0n) is 20.7. The second-order valence-electron chi connectivity index (χ2n) is 11.7. The quantitative estimate of drug-likeness (QED) is 0.239. The molecular formula is C23H47FO3Si2. The Hall–Kier alpha value is -0.0162. The molecular weight excluding hydrogens is 399 g/mol. The molecule has 1 aliphatic rings. The van der Waals surface area contributed by atoms with Gasteiger partial charge in [-0.25, -0.2) is 0 Å². The first-order valence-corrected chi connectivity index (χ1v) is 17.1. The first kappa shape index (κ1) is 27.0. The average molecular weight is 447 g/mol. The third-order valence-electron chi connectivity index (χ3n) is 7.43. The topological polar surface area (TPSA) is 38.7 Å². The van der Waals surface area contributed by atoms with Gasteiger partial charge in [-0.2, -0.15) is 0 Å². The molecule has 0 aromatic carbocycles. The highest BCUT2D eigenvalue weighted by atomic mass is 28.4. The summed E-state index contributed by atoms with van der Waals surface area (Å²) in [5, 5.41) is 10.3. The summed E-state index contributed by atoms with van der Waals surface area (Å²) in [6.45, 7) is 22.4. The monoisotopic (exact) mass is 446 g/mol. The van der Waals surface area contributed by atoms with Gasteiger partial charge in [0.25, 0.3) is 0 Å². The van der Waals surface area contributed by atoms with Crippen LogP contribution < -0.4 is 0 Å². The normalized spacial score (nSPS) is 24.6. The van der Waals surface area contributed by atoms with Gasteiger partial charge in [-0.3, -0.25) is 4.39 Å². The van der Waals surface area contributed by atoms with E-state index in [9.17, 15) is 9.50 Å². The smallest absolute Gasteiger partial charge is 0.192 e. The summed E-state index contributed by atoms with van der Waals surface area (Å²) in [5.74, 6) is 0.164. The van der Waals surface area contributed by atoms with Crippen molar-refractivity contribution in [1.82, 2.24) is 0 Å². The van der Waals surface area contributed by atoms with Gasteiger partial charge < -0.3 is 14.0 Å². The van der Waals surface area contributed by atoms with E-state index >= 15 is 0 Å². The summed E-state index contributed by atoms with van der Waals surface area (Å²) in [7, 11) is -3.98. The average Bonchev–Trinajstić information content (AvgIpc) is 2.54. The molecule has 3 atom stereocenters. The Kier molecular flexibility index (Phi) is 9.38. The number of hydrogen-bond acceptors (Lipinski definition) is 3. The molecule has 3 nitrogen and oxygen atoms in total. The molecule has 0 radical (unpaired) electrons. The molecule has 0 aromatic heterocycles.